The van der Waals surface area contributed by atoms with Gasteiger partial charge in [-0.3, -0.25) is 14.4 Å². The van der Waals surface area contributed by atoms with Crippen molar-refractivity contribution in [2.45, 2.75) is 39.2 Å². The summed E-state index contributed by atoms with van der Waals surface area (Å²) >= 11 is 0. The van der Waals surface area contributed by atoms with Crippen LogP contribution in [0.1, 0.15) is 57.5 Å². The number of rotatable bonds is 13. The van der Waals surface area contributed by atoms with E-state index in [2.05, 4.69) is 22.2 Å². The number of aromatic nitrogens is 1. The number of aryl methyl sites for hydroxylation is 1. The van der Waals surface area contributed by atoms with Crippen molar-refractivity contribution in [2.24, 2.45) is 0 Å². The summed E-state index contributed by atoms with van der Waals surface area (Å²) in [5.74, 6) is 0.525. The maximum atomic E-state index is 13.7. The van der Waals surface area contributed by atoms with Gasteiger partial charge in [-0.05, 0) is 81.3 Å². The molecule has 4 aromatic rings. The average Bonchev–Trinajstić information content (AvgIpc) is 3.53. The van der Waals surface area contributed by atoms with Gasteiger partial charge in [0.25, 0.3) is 11.8 Å². The number of H-pyrrole nitrogens is 1. The number of nitrogens with one attached hydrogen (secondary N) is 2. The molecule has 3 aromatic carbocycles. The van der Waals surface area contributed by atoms with Crippen LogP contribution in [0.4, 0.5) is 11.4 Å². The number of benzene rings is 3. The van der Waals surface area contributed by atoms with Crippen LogP contribution in [-0.2, 0) is 11.4 Å². The van der Waals surface area contributed by atoms with E-state index >= 15 is 0 Å². The van der Waals surface area contributed by atoms with Crippen molar-refractivity contribution in [3.05, 3.63) is 83.0 Å². The van der Waals surface area contributed by atoms with Gasteiger partial charge in [-0.1, -0.05) is 12.1 Å². The number of nitrogens with zero attached hydrogens (tertiary/aromatic N) is 3. The molecule has 11 heteroatoms. The molecule has 0 spiro atoms. The summed E-state index contributed by atoms with van der Waals surface area (Å²) < 4.78 is 11.7. The lowest BCUT2D eigenvalue weighted by atomic mass is 10.1. The quantitative estimate of drug-likeness (QED) is 0.169. The molecule has 3 N–H and O–H groups in total. The minimum absolute atomic E-state index is 0.203. The zero-order valence-corrected chi connectivity index (χ0v) is 28.2. The Bertz CT molecular complexity index is 1760. The van der Waals surface area contributed by atoms with Gasteiger partial charge in [-0.2, -0.15) is 0 Å². The van der Waals surface area contributed by atoms with Crippen LogP contribution < -0.4 is 19.7 Å². The predicted molar refractivity (Wildman–Crippen MR) is 187 cm³/mol. The minimum Gasteiger partial charge on any atom is -0.495 e. The Labute approximate surface area is 281 Å². The monoisotopic (exact) mass is 655 g/mol. The largest absolute Gasteiger partial charge is 0.495 e. The molecule has 48 heavy (non-hydrogen) atoms. The molecule has 1 fully saturated rings. The van der Waals surface area contributed by atoms with Gasteiger partial charge < -0.3 is 39.6 Å². The van der Waals surface area contributed by atoms with Crippen LogP contribution in [0.15, 0.2) is 60.8 Å². The number of likely N-dealkylation sites (N-methyl/N-ethyl adjacent to an activating group) is 1. The summed E-state index contributed by atoms with van der Waals surface area (Å²) in [5.41, 5.74) is 4.20. The number of ether oxygens (including phenoxy) is 2. The van der Waals surface area contributed by atoms with E-state index < -0.39 is 0 Å². The standard InChI is InChI=1S/C37H45N5O6/c1-25-12-15-31(33(21-25)48-20-7-5-6-11-34(44)42-18-16-40(2)17-19-42)41(3)37(46)26-13-14-29(32(22-26)47-4)39-36(45)28-9-8-10-30-35(28)27(24-43)23-38-30/h8-10,12-15,21-23,38,43H,5-7,11,16-20,24H2,1-4H3,(H,39,45). The van der Waals surface area contributed by atoms with Crippen LogP contribution in [0.5, 0.6) is 11.5 Å². The van der Waals surface area contributed by atoms with Gasteiger partial charge in [0.2, 0.25) is 5.91 Å². The van der Waals surface area contributed by atoms with Crippen molar-refractivity contribution >= 4 is 40.0 Å². The first-order valence-electron chi connectivity index (χ1n) is 16.4. The van der Waals surface area contributed by atoms with Crippen molar-refractivity contribution in [2.75, 3.05) is 64.2 Å². The lowest BCUT2D eigenvalue weighted by Gasteiger charge is -2.32. The Balaban J connectivity index is 1.20. The molecule has 1 saturated heterocycles. The maximum Gasteiger partial charge on any atom is 0.258 e. The summed E-state index contributed by atoms with van der Waals surface area (Å²) in [6.45, 7) is 5.69. The van der Waals surface area contributed by atoms with E-state index in [1.807, 2.05) is 36.1 Å². The lowest BCUT2D eigenvalue weighted by Crippen LogP contribution is -2.47. The maximum absolute atomic E-state index is 13.7. The highest BCUT2D eigenvalue weighted by atomic mass is 16.5. The first-order valence-corrected chi connectivity index (χ1v) is 16.4. The molecule has 0 aliphatic carbocycles. The third kappa shape index (κ3) is 7.98. The molecule has 1 aliphatic heterocycles. The second-order valence-corrected chi connectivity index (χ2v) is 12.2. The fourth-order valence-electron chi connectivity index (χ4n) is 5.95. The molecule has 0 unspecified atom stereocenters. The number of methoxy groups -OCH3 is 1. The van der Waals surface area contributed by atoms with Gasteiger partial charge >= 0.3 is 0 Å². The summed E-state index contributed by atoms with van der Waals surface area (Å²) in [5, 5.41) is 13.3. The summed E-state index contributed by atoms with van der Waals surface area (Å²) in [4.78, 5) is 48.3. The van der Waals surface area contributed by atoms with E-state index in [-0.39, 0.29) is 24.3 Å². The predicted octanol–water partition coefficient (Wildman–Crippen LogP) is 5.22. The molecule has 5 rings (SSSR count). The topological polar surface area (TPSA) is 127 Å². The molecule has 0 bridgehead atoms. The first-order chi connectivity index (χ1) is 23.2. The van der Waals surface area contributed by atoms with Crippen molar-refractivity contribution in [1.82, 2.24) is 14.8 Å². The molecule has 0 atom stereocenters. The van der Waals surface area contributed by atoms with Crippen LogP contribution in [0.2, 0.25) is 0 Å². The normalized spacial score (nSPS) is 13.4. The highest BCUT2D eigenvalue weighted by Crippen LogP contribution is 2.33. The number of amides is 3. The second kappa shape index (κ2) is 15.8. The average molecular weight is 656 g/mol. The van der Waals surface area contributed by atoms with Crippen LogP contribution in [-0.4, -0.2) is 91.6 Å². The van der Waals surface area contributed by atoms with Gasteiger partial charge in [-0.25, -0.2) is 0 Å². The Morgan fingerprint density at radius 3 is 2.52 bits per heavy atom. The number of carbonyl (C=O) groups is 3. The Morgan fingerprint density at radius 2 is 1.77 bits per heavy atom. The molecular weight excluding hydrogens is 610 g/mol. The van der Waals surface area contributed by atoms with E-state index in [1.165, 1.54) is 7.11 Å². The first kappa shape index (κ1) is 34.5. The molecule has 2 heterocycles. The zero-order valence-electron chi connectivity index (χ0n) is 28.2. The Hall–Kier alpha value is -4.87. The molecule has 0 saturated carbocycles. The number of aliphatic hydroxyl groups excluding tert-OH is 1. The second-order valence-electron chi connectivity index (χ2n) is 12.2. The van der Waals surface area contributed by atoms with Crippen molar-refractivity contribution < 1.29 is 29.0 Å². The van der Waals surface area contributed by atoms with Gasteiger partial charge in [0.1, 0.15) is 11.5 Å². The number of hydrogen-bond donors (Lipinski definition) is 3. The third-order valence-corrected chi connectivity index (χ3v) is 8.83. The van der Waals surface area contributed by atoms with E-state index in [4.69, 9.17) is 9.47 Å². The SMILES string of the molecule is COc1cc(C(=O)N(C)c2ccc(C)cc2OCCCCCC(=O)N2CCN(C)CC2)ccc1NC(=O)c1cccc2[nH]cc(CO)c12. The van der Waals surface area contributed by atoms with Crippen molar-refractivity contribution in [3.8, 4) is 11.5 Å². The summed E-state index contributed by atoms with van der Waals surface area (Å²) in [7, 11) is 5.26. The van der Waals surface area contributed by atoms with Crippen LogP contribution in [0, 0.1) is 6.92 Å². The van der Waals surface area contributed by atoms with Crippen molar-refractivity contribution in [3.63, 3.8) is 0 Å². The van der Waals surface area contributed by atoms with Crippen molar-refractivity contribution in [1.29, 1.82) is 0 Å². The minimum atomic E-state index is -0.368. The fraction of sp³-hybridized carbons (Fsp3) is 0.378. The molecule has 11 nitrogen and oxygen atoms in total. The number of aliphatic hydroxyl groups is 1. The van der Waals surface area contributed by atoms with Gasteiger partial charge in [0.15, 0.2) is 0 Å². The molecular formula is C37H45N5O6. The number of aromatic amines is 1. The number of hydrogen-bond acceptors (Lipinski definition) is 7. The van der Waals surface area contributed by atoms with E-state index in [0.717, 1.165) is 56.5 Å². The number of unbranched alkanes of at least 4 members (excludes halogenated alkanes) is 2. The van der Waals surface area contributed by atoms with Crippen LogP contribution >= 0.6 is 0 Å². The molecule has 1 aliphatic rings. The van der Waals surface area contributed by atoms with E-state index in [1.54, 1.807) is 48.5 Å². The Morgan fingerprint density at radius 1 is 0.979 bits per heavy atom. The number of fused-ring (bicyclic) bond motifs is 1. The highest BCUT2D eigenvalue weighted by molar-refractivity contribution is 6.14. The smallest absolute Gasteiger partial charge is 0.258 e. The molecule has 254 valence electrons. The van der Waals surface area contributed by atoms with E-state index in [0.29, 0.717) is 58.0 Å². The third-order valence-electron chi connectivity index (χ3n) is 8.83. The number of piperazine rings is 1. The fourth-order valence-corrected chi connectivity index (χ4v) is 5.95. The highest BCUT2D eigenvalue weighted by Gasteiger charge is 2.22. The summed E-state index contributed by atoms with van der Waals surface area (Å²) in [6.07, 6.45) is 4.73. The van der Waals surface area contributed by atoms with E-state index in [9.17, 15) is 19.5 Å². The molecule has 1 aromatic heterocycles. The van der Waals surface area contributed by atoms with Gasteiger partial charge in [0, 0.05) is 73.4 Å². The van der Waals surface area contributed by atoms with Gasteiger partial charge in [0.05, 0.1) is 31.7 Å². The number of carbonyl (C=O) groups excluding carboxylic acids is 3. The zero-order chi connectivity index (χ0) is 34.2. The Kier molecular flexibility index (Phi) is 11.4. The lowest BCUT2D eigenvalue weighted by molar-refractivity contribution is -0.132. The van der Waals surface area contributed by atoms with Crippen LogP contribution in [0.25, 0.3) is 10.9 Å². The summed E-state index contributed by atoms with van der Waals surface area (Å²) in [6, 6.07) is 15.9. The van der Waals surface area contributed by atoms with Crippen LogP contribution in [0.3, 0.4) is 0 Å². The number of anilines is 2. The van der Waals surface area contributed by atoms with Gasteiger partial charge in [-0.15, -0.1) is 0 Å². The molecule has 0 radical (unpaired) electrons. The molecule has 3 amide bonds.